The Labute approximate surface area is 113 Å². The lowest BCUT2D eigenvalue weighted by atomic mass is 9.98. The number of nitrogens with zero attached hydrogens (tertiary/aromatic N) is 1. The van der Waals surface area contributed by atoms with Crippen LogP contribution in [0, 0.1) is 29.2 Å². The lowest BCUT2D eigenvalue weighted by molar-refractivity contribution is 0.291. The van der Waals surface area contributed by atoms with Crippen molar-refractivity contribution in [2.75, 3.05) is 20.1 Å². The van der Waals surface area contributed by atoms with Crippen molar-refractivity contribution in [1.82, 2.24) is 4.90 Å². The van der Waals surface area contributed by atoms with E-state index < -0.39 is 39.9 Å². The van der Waals surface area contributed by atoms with Gasteiger partial charge < -0.3 is 5.73 Å². The van der Waals surface area contributed by atoms with Gasteiger partial charge in [0.05, 0.1) is 0 Å². The Morgan fingerprint density at radius 3 is 2.11 bits per heavy atom. The SMILES string of the molecule is CN1CC(CN)CC1c1c(F)c(F)c(Cl)c(F)c1F. The maximum atomic E-state index is 13.8. The number of hydrogen-bond acceptors (Lipinski definition) is 2. The molecule has 0 amide bonds. The normalized spacial score (nSPS) is 24.2. The quantitative estimate of drug-likeness (QED) is 0.516. The molecule has 2 nitrogen and oxygen atoms in total. The molecule has 2 unspecified atom stereocenters. The summed E-state index contributed by atoms with van der Waals surface area (Å²) in [4.78, 5) is 1.63. The van der Waals surface area contributed by atoms with E-state index >= 15 is 0 Å². The van der Waals surface area contributed by atoms with Crippen molar-refractivity contribution in [2.24, 2.45) is 11.7 Å². The van der Waals surface area contributed by atoms with Crippen LogP contribution in [0.2, 0.25) is 5.02 Å². The fourth-order valence-electron chi connectivity index (χ4n) is 2.53. The second kappa shape index (κ2) is 5.26. The van der Waals surface area contributed by atoms with Gasteiger partial charge in [-0.05, 0) is 25.9 Å². The summed E-state index contributed by atoms with van der Waals surface area (Å²) in [5.41, 5.74) is 4.90. The fraction of sp³-hybridized carbons (Fsp3) is 0.500. The van der Waals surface area contributed by atoms with Crippen LogP contribution in [0.3, 0.4) is 0 Å². The predicted octanol–water partition coefficient (Wildman–Crippen LogP) is 2.85. The molecule has 1 heterocycles. The second-order valence-electron chi connectivity index (χ2n) is 4.78. The number of hydrogen-bond donors (Lipinski definition) is 1. The maximum Gasteiger partial charge on any atom is 0.180 e. The summed E-state index contributed by atoms with van der Waals surface area (Å²) in [6.45, 7) is 0.870. The zero-order valence-electron chi connectivity index (χ0n) is 10.2. The fourth-order valence-corrected chi connectivity index (χ4v) is 2.69. The molecule has 0 aromatic heterocycles. The number of halogens is 5. The zero-order valence-corrected chi connectivity index (χ0v) is 10.9. The third-order valence-electron chi connectivity index (χ3n) is 3.55. The van der Waals surface area contributed by atoms with Crippen molar-refractivity contribution in [2.45, 2.75) is 12.5 Å². The molecule has 0 radical (unpaired) electrons. The highest BCUT2D eigenvalue weighted by molar-refractivity contribution is 6.30. The van der Waals surface area contributed by atoms with Gasteiger partial charge in [0.15, 0.2) is 23.3 Å². The molecule has 106 valence electrons. The molecule has 1 fully saturated rings. The first kappa shape index (κ1) is 14.6. The van der Waals surface area contributed by atoms with Crippen molar-refractivity contribution >= 4 is 11.6 Å². The first-order valence-electron chi connectivity index (χ1n) is 5.80. The van der Waals surface area contributed by atoms with Crippen LogP contribution in [-0.4, -0.2) is 25.0 Å². The topological polar surface area (TPSA) is 29.3 Å². The lowest BCUT2D eigenvalue weighted by Gasteiger charge is -2.21. The van der Waals surface area contributed by atoms with Gasteiger partial charge in [-0.1, -0.05) is 11.6 Å². The van der Waals surface area contributed by atoms with Gasteiger partial charge in [-0.3, -0.25) is 4.90 Å². The maximum absolute atomic E-state index is 13.8. The van der Waals surface area contributed by atoms with Crippen LogP contribution in [-0.2, 0) is 0 Å². The summed E-state index contributed by atoms with van der Waals surface area (Å²) >= 11 is 5.20. The van der Waals surface area contributed by atoms with E-state index in [1.54, 1.807) is 11.9 Å². The van der Waals surface area contributed by atoms with Gasteiger partial charge in [0.1, 0.15) is 5.02 Å². The van der Waals surface area contributed by atoms with Crippen molar-refractivity contribution < 1.29 is 17.6 Å². The van der Waals surface area contributed by atoms with Crippen molar-refractivity contribution in [3.8, 4) is 0 Å². The number of rotatable bonds is 2. The van der Waals surface area contributed by atoms with Gasteiger partial charge >= 0.3 is 0 Å². The van der Waals surface area contributed by atoms with Crippen LogP contribution in [0.4, 0.5) is 17.6 Å². The van der Waals surface area contributed by atoms with E-state index in [4.69, 9.17) is 17.3 Å². The Morgan fingerprint density at radius 1 is 1.16 bits per heavy atom. The summed E-state index contributed by atoms with van der Waals surface area (Å²) in [5, 5.41) is -1.16. The summed E-state index contributed by atoms with van der Waals surface area (Å²) < 4.78 is 54.5. The Kier molecular flexibility index (Phi) is 4.03. The van der Waals surface area contributed by atoms with Crippen LogP contribution in [0.25, 0.3) is 0 Å². The molecule has 2 rings (SSSR count). The molecule has 0 bridgehead atoms. The molecule has 2 atom stereocenters. The number of nitrogens with two attached hydrogens (primary N) is 1. The highest BCUT2D eigenvalue weighted by Gasteiger charge is 2.36. The highest BCUT2D eigenvalue weighted by Crippen LogP contribution is 2.39. The Morgan fingerprint density at radius 2 is 1.68 bits per heavy atom. The Bertz CT molecular complexity index is 480. The molecular formula is C12H13ClF4N2. The molecule has 1 aromatic carbocycles. The van der Waals surface area contributed by atoms with Crippen LogP contribution in [0.5, 0.6) is 0 Å². The van der Waals surface area contributed by atoms with Crippen LogP contribution in [0.1, 0.15) is 18.0 Å². The van der Waals surface area contributed by atoms with E-state index in [1.807, 2.05) is 0 Å². The van der Waals surface area contributed by atoms with E-state index in [-0.39, 0.29) is 5.92 Å². The second-order valence-corrected chi connectivity index (χ2v) is 5.15. The van der Waals surface area contributed by atoms with Crippen LogP contribution >= 0.6 is 11.6 Å². The summed E-state index contributed by atoms with van der Waals surface area (Å²) in [6.07, 6.45) is 0.349. The molecule has 1 aliphatic rings. The largest absolute Gasteiger partial charge is 0.330 e. The number of likely N-dealkylation sites (tertiary alicyclic amines) is 1. The molecule has 0 saturated carbocycles. The average Bonchev–Trinajstić information content (AvgIpc) is 2.76. The minimum Gasteiger partial charge on any atom is -0.330 e. The minimum absolute atomic E-state index is 0.0376. The van der Waals surface area contributed by atoms with E-state index in [9.17, 15) is 17.6 Å². The number of benzene rings is 1. The highest BCUT2D eigenvalue weighted by atomic mass is 35.5. The van der Waals surface area contributed by atoms with E-state index in [1.165, 1.54) is 0 Å². The molecule has 0 aliphatic carbocycles. The predicted molar refractivity (Wildman–Crippen MR) is 63.8 cm³/mol. The first-order chi connectivity index (χ1) is 8.88. The van der Waals surface area contributed by atoms with E-state index in [0.717, 1.165) is 0 Å². The molecule has 0 spiro atoms. The minimum atomic E-state index is -1.56. The molecular weight excluding hydrogens is 284 g/mol. The van der Waals surface area contributed by atoms with Crippen molar-refractivity contribution in [1.29, 1.82) is 0 Å². The first-order valence-corrected chi connectivity index (χ1v) is 6.17. The average molecular weight is 297 g/mol. The Balaban J connectivity index is 2.52. The lowest BCUT2D eigenvalue weighted by Crippen LogP contribution is -2.22. The third kappa shape index (κ3) is 2.32. The summed E-state index contributed by atoms with van der Waals surface area (Å²) in [5.74, 6) is -5.94. The van der Waals surface area contributed by atoms with Crippen LogP contribution in [0.15, 0.2) is 0 Å². The summed E-state index contributed by atoms with van der Waals surface area (Å²) in [7, 11) is 1.63. The molecule has 1 saturated heterocycles. The van der Waals surface area contributed by atoms with E-state index in [2.05, 4.69) is 0 Å². The van der Waals surface area contributed by atoms with Gasteiger partial charge in [-0.25, -0.2) is 17.6 Å². The molecule has 19 heavy (non-hydrogen) atoms. The van der Waals surface area contributed by atoms with Crippen molar-refractivity contribution in [3.05, 3.63) is 33.9 Å². The standard InChI is InChI=1S/C12H13ClF4N2/c1-19-4-5(3-18)2-6(19)7-9(14)11(16)8(13)12(17)10(7)15/h5-6H,2-4,18H2,1H3. The molecule has 1 aromatic rings. The van der Waals surface area contributed by atoms with Crippen LogP contribution < -0.4 is 5.73 Å². The van der Waals surface area contributed by atoms with E-state index in [0.29, 0.717) is 19.5 Å². The smallest absolute Gasteiger partial charge is 0.180 e. The third-order valence-corrected chi connectivity index (χ3v) is 3.88. The van der Waals surface area contributed by atoms with Gasteiger partial charge in [-0.15, -0.1) is 0 Å². The monoisotopic (exact) mass is 296 g/mol. The summed E-state index contributed by atoms with van der Waals surface area (Å²) in [6, 6.07) is -0.741. The zero-order chi connectivity index (χ0) is 14.3. The molecule has 1 aliphatic heterocycles. The van der Waals surface area contributed by atoms with Crippen molar-refractivity contribution in [3.63, 3.8) is 0 Å². The van der Waals surface area contributed by atoms with Gasteiger partial charge in [-0.2, -0.15) is 0 Å². The Hall–Kier alpha value is -0.850. The van der Waals surface area contributed by atoms with Gasteiger partial charge in [0, 0.05) is 18.2 Å². The van der Waals surface area contributed by atoms with Gasteiger partial charge in [0.2, 0.25) is 0 Å². The van der Waals surface area contributed by atoms with Gasteiger partial charge in [0.25, 0.3) is 0 Å². The molecule has 2 N–H and O–H groups in total. The molecule has 7 heteroatoms.